The average Bonchev–Trinajstić information content (AvgIpc) is 3.23. The van der Waals surface area contributed by atoms with Crippen LogP contribution in [0, 0.1) is 18.2 Å². The van der Waals surface area contributed by atoms with Gasteiger partial charge in [-0.05, 0) is 38.8 Å². The summed E-state index contributed by atoms with van der Waals surface area (Å²) in [5.74, 6) is -1.50. The topological polar surface area (TPSA) is 120 Å². The van der Waals surface area contributed by atoms with E-state index in [0.29, 0.717) is 43.3 Å². The van der Waals surface area contributed by atoms with E-state index in [0.717, 1.165) is 37.0 Å². The molecule has 0 radical (unpaired) electrons. The lowest BCUT2D eigenvalue weighted by atomic mass is 9.68. The molecule has 3 aromatic rings. The molecule has 3 N–H and O–H groups in total. The largest absolute Gasteiger partial charge is 0.383 e. The Labute approximate surface area is 202 Å². The molecule has 1 aromatic carbocycles. The lowest BCUT2D eigenvalue weighted by Gasteiger charge is -2.44. The molecule has 186 valence electrons. The standard InChI is InChI=1S/C24H30FN7O3/c1-4-32-20(18(25)14(2)29-32)22(34)28-23-27-16-10-15(21(26)33)11-17-19(16)31(23)13-24(6-5-7-24)12-30(17)8-9-35-3/h10-11H,4-9,12-13H2,1-3H3,(H2,26,33)(H,27,28,34). The highest BCUT2D eigenvalue weighted by molar-refractivity contribution is 6.05. The quantitative estimate of drug-likeness (QED) is 0.533. The Bertz CT molecular complexity index is 1320. The van der Waals surface area contributed by atoms with Crippen LogP contribution in [0.1, 0.15) is 52.7 Å². The number of rotatable bonds is 7. The minimum absolute atomic E-state index is 0.000213. The smallest absolute Gasteiger partial charge is 0.279 e. The summed E-state index contributed by atoms with van der Waals surface area (Å²) in [4.78, 5) is 32.2. The van der Waals surface area contributed by atoms with Gasteiger partial charge >= 0.3 is 0 Å². The van der Waals surface area contributed by atoms with Gasteiger partial charge in [0.15, 0.2) is 11.5 Å². The highest BCUT2D eigenvalue weighted by atomic mass is 19.1. The van der Waals surface area contributed by atoms with Crippen LogP contribution in [-0.4, -0.2) is 58.0 Å². The first-order valence-electron chi connectivity index (χ1n) is 11.9. The lowest BCUT2D eigenvalue weighted by Crippen LogP contribution is -2.44. The van der Waals surface area contributed by atoms with E-state index in [-0.39, 0.29) is 16.8 Å². The van der Waals surface area contributed by atoms with Crippen LogP contribution < -0.4 is 16.0 Å². The minimum Gasteiger partial charge on any atom is -0.383 e. The van der Waals surface area contributed by atoms with Crippen LogP contribution in [0.3, 0.4) is 0 Å². The van der Waals surface area contributed by atoms with Gasteiger partial charge in [0.25, 0.3) is 5.91 Å². The highest BCUT2D eigenvalue weighted by Crippen LogP contribution is 2.48. The lowest BCUT2D eigenvalue weighted by molar-refractivity contribution is 0.0992. The molecular weight excluding hydrogens is 453 g/mol. The van der Waals surface area contributed by atoms with Gasteiger partial charge in [0.1, 0.15) is 0 Å². The summed E-state index contributed by atoms with van der Waals surface area (Å²) in [5, 5.41) is 6.95. The predicted molar refractivity (Wildman–Crippen MR) is 129 cm³/mol. The molecule has 10 nitrogen and oxygen atoms in total. The Kier molecular flexibility index (Phi) is 5.74. The number of imidazole rings is 1. The molecule has 1 fully saturated rings. The first-order chi connectivity index (χ1) is 16.8. The Hall–Kier alpha value is -3.47. The average molecular weight is 484 g/mol. The fraction of sp³-hybridized carbons (Fsp3) is 0.500. The fourth-order valence-electron chi connectivity index (χ4n) is 5.31. The van der Waals surface area contributed by atoms with Crippen LogP contribution in [0.5, 0.6) is 0 Å². The van der Waals surface area contributed by atoms with Crippen molar-refractivity contribution in [3.63, 3.8) is 0 Å². The maximum Gasteiger partial charge on any atom is 0.279 e. The Morgan fingerprint density at radius 3 is 2.69 bits per heavy atom. The zero-order valence-electron chi connectivity index (χ0n) is 20.2. The normalized spacial score (nSPS) is 16.4. The highest BCUT2D eigenvalue weighted by Gasteiger charge is 2.42. The number of hydrogen-bond acceptors (Lipinski definition) is 6. The van der Waals surface area contributed by atoms with Gasteiger partial charge in [-0.15, -0.1) is 0 Å². The number of nitrogens with zero attached hydrogens (tertiary/aromatic N) is 5. The number of nitrogens with one attached hydrogen (secondary N) is 1. The fourth-order valence-corrected chi connectivity index (χ4v) is 5.31. The third-order valence-corrected chi connectivity index (χ3v) is 7.24. The molecule has 0 unspecified atom stereocenters. The van der Waals surface area contributed by atoms with Gasteiger partial charge in [0, 0.05) is 44.3 Å². The zero-order chi connectivity index (χ0) is 24.9. The second kappa shape index (κ2) is 8.63. The number of carbonyl (C=O) groups excluding carboxylic acids is 2. The number of primary amides is 1. The number of nitrogens with two attached hydrogens (primary N) is 1. The number of ether oxygens (including phenoxy) is 1. The van der Waals surface area contributed by atoms with Gasteiger partial charge in [0.2, 0.25) is 11.9 Å². The van der Waals surface area contributed by atoms with Crippen LogP contribution >= 0.6 is 0 Å². The van der Waals surface area contributed by atoms with E-state index >= 15 is 0 Å². The molecule has 5 rings (SSSR count). The number of hydrogen-bond donors (Lipinski definition) is 2. The molecule has 0 saturated heterocycles. The third-order valence-electron chi connectivity index (χ3n) is 7.24. The number of aromatic nitrogens is 4. The summed E-state index contributed by atoms with van der Waals surface area (Å²) in [6.45, 7) is 6.29. The summed E-state index contributed by atoms with van der Waals surface area (Å²) in [6, 6.07) is 3.43. The van der Waals surface area contributed by atoms with Crippen molar-refractivity contribution in [2.24, 2.45) is 11.1 Å². The predicted octanol–water partition coefficient (Wildman–Crippen LogP) is 2.69. The van der Waals surface area contributed by atoms with E-state index in [1.807, 2.05) is 4.57 Å². The summed E-state index contributed by atoms with van der Waals surface area (Å²) >= 11 is 0. The van der Waals surface area contributed by atoms with Gasteiger partial charge in [-0.2, -0.15) is 5.10 Å². The molecule has 11 heteroatoms. The summed E-state index contributed by atoms with van der Waals surface area (Å²) in [7, 11) is 1.66. The summed E-state index contributed by atoms with van der Waals surface area (Å²) in [5.41, 5.74) is 8.20. The number of methoxy groups -OCH3 is 1. The molecule has 0 atom stereocenters. The molecular formula is C24H30FN7O3. The van der Waals surface area contributed by atoms with Gasteiger partial charge < -0.3 is 19.9 Å². The summed E-state index contributed by atoms with van der Waals surface area (Å²) in [6.07, 6.45) is 3.20. The van der Waals surface area contributed by atoms with Gasteiger partial charge in [-0.25, -0.2) is 9.37 Å². The van der Waals surface area contributed by atoms with E-state index in [4.69, 9.17) is 10.5 Å². The monoisotopic (exact) mass is 483 g/mol. The van der Waals surface area contributed by atoms with E-state index < -0.39 is 17.6 Å². The number of aryl methyl sites for hydroxylation is 2. The first-order valence-corrected chi connectivity index (χ1v) is 11.9. The van der Waals surface area contributed by atoms with Gasteiger partial charge in [-0.1, -0.05) is 6.42 Å². The minimum atomic E-state index is -0.644. The molecule has 2 aliphatic rings. The van der Waals surface area contributed by atoms with Crippen LogP contribution in [0.4, 0.5) is 16.0 Å². The Morgan fingerprint density at radius 2 is 2.06 bits per heavy atom. The Morgan fingerprint density at radius 1 is 1.29 bits per heavy atom. The van der Waals surface area contributed by atoms with Gasteiger partial charge in [0.05, 0.1) is 29.0 Å². The van der Waals surface area contributed by atoms with Crippen molar-refractivity contribution in [1.29, 1.82) is 0 Å². The maximum absolute atomic E-state index is 14.7. The van der Waals surface area contributed by atoms with Crippen molar-refractivity contribution in [2.45, 2.75) is 46.2 Å². The number of carbonyl (C=O) groups is 2. The van der Waals surface area contributed by atoms with Crippen molar-refractivity contribution in [2.75, 3.05) is 37.0 Å². The maximum atomic E-state index is 14.7. The molecule has 1 saturated carbocycles. The van der Waals surface area contributed by atoms with E-state index in [1.165, 1.54) is 11.6 Å². The van der Waals surface area contributed by atoms with E-state index in [1.54, 1.807) is 26.2 Å². The molecule has 3 heterocycles. The molecule has 35 heavy (non-hydrogen) atoms. The van der Waals surface area contributed by atoms with Crippen molar-refractivity contribution in [3.8, 4) is 0 Å². The van der Waals surface area contributed by atoms with E-state index in [9.17, 15) is 14.0 Å². The molecule has 1 aliphatic carbocycles. The molecule has 1 spiro atoms. The van der Waals surface area contributed by atoms with E-state index in [2.05, 4.69) is 20.3 Å². The van der Waals surface area contributed by atoms with Crippen molar-refractivity contribution < 1.29 is 18.7 Å². The van der Waals surface area contributed by atoms with Crippen LogP contribution in [0.15, 0.2) is 12.1 Å². The van der Waals surface area contributed by atoms with Crippen molar-refractivity contribution in [3.05, 3.63) is 34.9 Å². The van der Waals surface area contributed by atoms with Crippen LogP contribution in [-0.2, 0) is 17.8 Å². The Balaban J connectivity index is 1.65. The van der Waals surface area contributed by atoms with Crippen molar-refractivity contribution >= 4 is 34.5 Å². The third kappa shape index (κ3) is 3.83. The second-order valence-corrected chi connectivity index (χ2v) is 9.53. The molecule has 0 bridgehead atoms. The molecule has 2 aromatic heterocycles. The molecule has 1 aliphatic heterocycles. The van der Waals surface area contributed by atoms with Crippen LogP contribution in [0.2, 0.25) is 0 Å². The summed E-state index contributed by atoms with van der Waals surface area (Å²) < 4.78 is 23.4. The van der Waals surface area contributed by atoms with Crippen LogP contribution in [0.25, 0.3) is 11.0 Å². The van der Waals surface area contributed by atoms with Crippen molar-refractivity contribution in [1.82, 2.24) is 19.3 Å². The number of halogens is 1. The number of amides is 2. The second-order valence-electron chi connectivity index (χ2n) is 9.53. The SMILES string of the molecule is CCn1nc(C)c(F)c1C(=O)Nc1nc2cc(C(N)=O)cc3c2n1CC1(CCC1)CN3CCOC. The zero-order valence-corrected chi connectivity index (χ0v) is 20.2. The number of benzene rings is 1. The number of anilines is 2. The van der Waals surface area contributed by atoms with Gasteiger partial charge in [-0.3, -0.25) is 19.6 Å². The molecule has 2 amide bonds. The first kappa shape index (κ1) is 23.3.